The third-order valence-corrected chi connectivity index (χ3v) is 7.88. The van der Waals surface area contributed by atoms with Crippen LogP contribution in [0.1, 0.15) is 50.2 Å². The van der Waals surface area contributed by atoms with E-state index >= 15 is 0 Å². The van der Waals surface area contributed by atoms with Gasteiger partial charge in [-0.15, -0.1) is 0 Å². The van der Waals surface area contributed by atoms with Gasteiger partial charge in [0.25, 0.3) is 0 Å². The zero-order valence-electron chi connectivity index (χ0n) is 26.1. The van der Waals surface area contributed by atoms with E-state index in [1.54, 1.807) is 12.1 Å². The molecule has 0 bridgehead atoms. The summed E-state index contributed by atoms with van der Waals surface area (Å²) >= 11 is 0. The highest BCUT2D eigenvalue weighted by molar-refractivity contribution is 5.83. The Morgan fingerprint density at radius 3 is 2.11 bits per heavy atom. The number of piperidine rings is 1. The molecule has 2 aromatic carbocycles. The molecular formula is C33H45FN2O10. The molecule has 2 aliphatic rings. The molecule has 2 aromatic rings. The third kappa shape index (κ3) is 12.3. The Balaban J connectivity index is 0.000000498. The van der Waals surface area contributed by atoms with Crippen LogP contribution in [0.2, 0.25) is 0 Å². The molecule has 0 saturated carbocycles. The molecule has 4 rings (SSSR count). The number of ether oxygens (including phenoxy) is 3. The summed E-state index contributed by atoms with van der Waals surface area (Å²) in [6.45, 7) is 7.38. The highest BCUT2D eigenvalue weighted by Gasteiger charge is 2.30. The molecule has 2 saturated heterocycles. The summed E-state index contributed by atoms with van der Waals surface area (Å²) in [5.74, 6) is -2.86. The van der Waals surface area contributed by atoms with Gasteiger partial charge in [0.15, 0.2) is 12.2 Å². The van der Waals surface area contributed by atoms with Gasteiger partial charge in [-0.1, -0.05) is 31.2 Å². The molecule has 13 heteroatoms. The van der Waals surface area contributed by atoms with E-state index in [0.29, 0.717) is 26.4 Å². The normalized spacial score (nSPS) is 18.5. The van der Waals surface area contributed by atoms with Crippen LogP contribution in [0.4, 0.5) is 4.39 Å². The number of amides is 1. The lowest BCUT2D eigenvalue weighted by Crippen LogP contribution is -2.48. The van der Waals surface area contributed by atoms with E-state index in [1.165, 1.54) is 12.1 Å². The highest BCUT2D eigenvalue weighted by Crippen LogP contribution is 2.23. The van der Waals surface area contributed by atoms with Gasteiger partial charge in [0.05, 0.1) is 25.7 Å². The summed E-state index contributed by atoms with van der Waals surface area (Å²) in [4.78, 5) is 37.6. The molecule has 254 valence electrons. The second kappa shape index (κ2) is 19.1. The number of carboxylic acids is 2. The van der Waals surface area contributed by atoms with E-state index in [0.717, 1.165) is 75.2 Å². The van der Waals surface area contributed by atoms with E-state index in [1.807, 2.05) is 29.2 Å². The summed E-state index contributed by atoms with van der Waals surface area (Å²) < 4.78 is 30.1. The summed E-state index contributed by atoms with van der Waals surface area (Å²) in [6, 6.07) is 14.5. The number of carbonyl (C=O) groups excluding carboxylic acids is 1. The minimum absolute atomic E-state index is 0.107. The summed E-state index contributed by atoms with van der Waals surface area (Å²) in [6.07, 6.45) is 0.905. The average Bonchev–Trinajstić information content (AvgIpc) is 3.07. The van der Waals surface area contributed by atoms with Crippen LogP contribution in [0.5, 0.6) is 5.75 Å². The molecule has 0 radical (unpaired) electrons. The number of aliphatic carboxylic acids is 2. The van der Waals surface area contributed by atoms with Gasteiger partial charge in [0, 0.05) is 32.2 Å². The molecule has 0 aromatic heterocycles. The van der Waals surface area contributed by atoms with E-state index < -0.39 is 24.1 Å². The molecule has 3 unspecified atom stereocenters. The second-order valence-electron chi connectivity index (χ2n) is 11.3. The van der Waals surface area contributed by atoms with E-state index in [-0.39, 0.29) is 23.9 Å². The molecule has 2 fully saturated rings. The Morgan fingerprint density at radius 1 is 0.957 bits per heavy atom. The minimum Gasteiger partial charge on any atom is -0.494 e. The number of carboxylic acid groups (broad SMARTS) is 2. The fraction of sp³-hybridized carbons (Fsp3) is 0.545. The van der Waals surface area contributed by atoms with E-state index in [9.17, 15) is 18.8 Å². The van der Waals surface area contributed by atoms with Crippen molar-refractivity contribution in [3.05, 3.63) is 65.5 Å². The first-order chi connectivity index (χ1) is 22.1. The quantitative estimate of drug-likeness (QED) is 0.238. The van der Waals surface area contributed by atoms with Gasteiger partial charge in [0.2, 0.25) is 5.91 Å². The van der Waals surface area contributed by atoms with Crippen molar-refractivity contribution < 1.29 is 53.4 Å². The van der Waals surface area contributed by atoms with Gasteiger partial charge < -0.3 is 44.4 Å². The van der Waals surface area contributed by atoms with Crippen LogP contribution in [0.15, 0.2) is 48.5 Å². The predicted molar refractivity (Wildman–Crippen MR) is 165 cm³/mol. The van der Waals surface area contributed by atoms with Gasteiger partial charge >= 0.3 is 11.9 Å². The molecular weight excluding hydrogens is 603 g/mol. The van der Waals surface area contributed by atoms with Gasteiger partial charge in [-0.25, -0.2) is 14.0 Å². The first-order valence-electron chi connectivity index (χ1n) is 15.6. The third-order valence-electron chi connectivity index (χ3n) is 7.88. The number of halogens is 1. The Kier molecular flexibility index (Phi) is 15.3. The van der Waals surface area contributed by atoms with Crippen molar-refractivity contribution in [3.63, 3.8) is 0 Å². The van der Waals surface area contributed by atoms with Crippen LogP contribution >= 0.6 is 0 Å². The standard InChI is InChI=1S/C29H39FN2O4.C4H6O6/c1-2-18-35-27-9-5-23(6-10-27)20-29(33)32(21-24-3-7-25(30)8-4-24)26-11-15-31(16-12-26)17-13-28-14-19-34-22-36-28;5-1(3(7)8)2(6)4(9)10/h3-10,26,28H,2,11-22H2,1H3;1-2,5-6H,(H,7,8)(H,9,10). The van der Waals surface area contributed by atoms with Crippen molar-refractivity contribution in [3.8, 4) is 5.75 Å². The molecule has 0 spiro atoms. The molecule has 4 N–H and O–H groups in total. The molecule has 46 heavy (non-hydrogen) atoms. The monoisotopic (exact) mass is 648 g/mol. The molecule has 2 heterocycles. The largest absolute Gasteiger partial charge is 0.494 e. The van der Waals surface area contributed by atoms with Gasteiger partial charge in [-0.2, -0.15) is 0 Å². The lowest BCUT2D eigenvalue weighted by atomic mass is 10.00. The second-order valence-corrected chi connectivity index (χ2v) is 11.3. The zero-order chi connectivity index (χ0) is 33.5. The number of hydrogen-bond donors (Lipinski definition) is 4. The molecule has 1 amide bonds. The Hall–Kier alpha value is -3.62. The minimum atomic E-state index is -2.27. The molecule has 3 atom stereocenters. The average molecular weight is 649 g/mol. The van der Waals surface area contributed by atoms with Crippen LogP contribution in [0.25, 0.3) is 0 Å². The van der Waals surface area contributed by atoms with Gasteiger partial charge in [0.1, 0.15) is 18.4 Å². The number of likely N-dealkylation sites (tertiary alicyclic amines) is 1. The van der Waals surface area contributed by atoms with Crippen LogP contribution in [-0.2, 0) is 36.8 Å². The first kappa shape index (κ1) is 36.8. The number of nitrogens with zero attached hydrogens (tertiary/aromatic N) is 2. The smallest absolute Gasteiger partial charge is 0.335 e. The summed E-state index contributed by atoms with van der Waals surface area (Å²) in [7, 11) is 0. The van der Waals surface area contributed by atoms with Crippen LogP contribution in [0, 0.1) is 5.82 Å². The van der Waals surface area contributed by atoms with Crippen molar-refractivity contribution in [2.45, 2.75) is 76.3 Å². The van der Waals surface area contributed by atoms with Crippen molar-refractivity contribution in [1.29, 1.82) is 0 Å². The van der Waals surface area contributed by atoms with Crippen molar-refractivity contribution >= 4 is 17.8 Å². The SMILES string of the molecule is CCCOc1ccc(CC(=O)N(Cc2ccc(F)cc2)C2CCN(CCC3CCOCO3)CC2)cc1.O=C(O)C(O)C(O)C(=O)O. The van der Waals surface area contributed by atoms with Crippen molar-refractivity contribution in [2.75, 3.05) is 39.6 Å². The summed E-state index contributed by atoms with van der Waals surface area (Å²) in [5, 5.41) is 32.5. The number of carbonyl (C=O) groups is 3. The van der Waals surface area contributed by atoms with Crippen LogP contribution in [0.3, 0.4) is 0 Å². The van der Waals surface area contributed by atoms with Crippen LogP contribution in [-0.4, -0.2) is 112 Å². The molecule has 12 nitrogen and oxygen atoms in total. The number of aliphatic hydroxyl groups is 2. The number of rotatable bonds is 14. The first-order valence-corrected chi connectivity index (χ1v) is 15.6. The lowest BCUT2D eigenvalue weighted by Gasteiger charge is -2.39. The topological polar surface area (TPSA) is 166 Å². The fourth-order valence-corrected chi connectivity index (χ4v) is 5.19. The van der Waals surface area contributed by atoms with E-state index in [2.05, 4.69) is 11.8 Å². The maximum absolute atomic E-state index is 13.5. The Labute approximate surface area is 268 Å². The van der Waals surface area contributed by atoms with Crippen LogP contribution < -0.4 is 4.74 Å². The molecule has 0 aliphatic carbocycles. The van der Waals surface area contributed by atoms with Crippen molar-refractivity contribution in [1.82, 2.24) is 9.80 Å². The summed E-state index contributed by atoms with van der Waals surface area (Å²) in [5.41, 5.74) is 1.93. The molecule has 2 aliphatic heterocycles. The number of hydrogen-bond acceptors (Lipinski definition) is 9. The van der Waals surface area contributed by atoms with Gasteiger partial charge in [-0.3, -0.25) is 4.79 Å². The predicted octanol–water partition coefficient (Wildman–Crippen LogP) is 2.68. The number of aliphatic hydroxyl groups excluding tert-OH is 2. The maximum Gasteiger partial charge on any atom is 0.335 e. The number of benzene rings is 2. The fourth-order valence-electron chi connectivity index (χ4n) is 5.19. The zero-order valence-corrected chi connectivity index (χ0v) is 26.1. The Morgan fingerprint density at radius 2 is 1.57 bits per heavy atom. The lowest BCUT2D eigenvalue weighted by molar-refractivity contribution is -0.165. The Bertz CT molecular complexity index is 1200. The van der Waals surface area contributed by atoms with Gasteiger partial charge in [-0.05, 0) is 67.5 Å². The maximum atomic E-state index is 13.5. The highest BCUT2D eigenvalue weighted by atomic mass is 19.1. The van der Waals surface area contributed by atoms with Crippen molar-refractivity contribution in [2.24, 2.45) is 0 Å². The van der Waals surface area contributed by atoms with E-state index in [4.69, 9.17) is 34.6 Å².